The molecule has 0 heterocycles. The van der Waals surface area contributed by atoms with E-state index in [0.717, 1.165) is 12.0 Å². The number of hydrogen-bond acceptors (Lipinski definition) is 5. The van der Waals surface area contributed by atoms with E-state index >= 15 is 0 Å². The molecule has 3 N–H and O–H groups in total. The quantitative estimate of drug-likeness (QED) is 0.695. The molecule has 142 valence electrons. The molecule has 4 aliphatic carbocycles. The first-order chi connectivity index (χ1) is 12.2. The van der Waals surface area contributed by atoms with Crippen molar-refractivity contribution >= 4 is 11.6 Å². The molecule has 0 aromatic rings. The van der Waals surface area contributed by atoms with Gasteiger partial charge in [-0.15, -0.1) is 0 Å². The van der Waals surface area contributed by atoms with Gasteiger partial charge in [-0.1, -0.05) is 26.0 Å². The molecule has 0 aliphatic heterocycles. The Bertz CT molecular complexity index is 724. The molecule has 5 heteroatoms. The van der Waals surface area contributed by atoms with Crippen LogP contribution in [0.25, 0.3) is 0 Å². The molecule has 0 amide bonds. The molecule has 7 unspecified atom stereocenters. The Labute approximate surface area is 153 Å². The highest BCUT2D eigenvalue weighted by molar-refractivity contribution is 5.92. The largest absolute Gasteiger partial charge is 0.393 e. The van der Waals surface area contributed by atoms with Crippen molar-refractivity contribution in [2.24, 2.45) is 28.6 Å². The Morgan fingerprint density at radius 2 is 2.04 bits per heavy atom. The summed E-state index contributed by atoms with van der Waals surface area (Å²) in [5.74, 6) is -0.290. The van der Waals surface area contributed by atoms with E-state index in [2.05, 4.69) is 13.0 Å². The topological polar surface area (TPSA) is 94.8 Å². The second-order valence-corrected chi connectivity index (χ2v) is 9.22. The van der Waals surface area contributed by atoms with Crippen molar-refractivity contribution in [3.05, 3.63) is 23.8 Å². The van der Waals surface area contributed by atoms with Crippen LogP contribution in [0, 0.1) is 28.6 Å². The van der Waals surface area contributed by atoms with Crippen LogP contribution in [0.3, 0.4) is 0 Å². The van der Waals surface area contributed by atoms with Crippen LogP contribution in [0.4, 0.5) is 0 Å². The third-order valence-corrected chi connectivity index (χ3v) is 8.21. The Morgan fingerprint density at radius 3 is 2.73 bits per heavy atom. The van der Waals surface area contributed by atoms with Crippen molar-refractivity contribution in [2.75, 3.05) is 6.61 Å². The Kier molecular flexibility index (Phi) is 3.89. The third-order valence-electron chi connectivity index (χ3n) is 8.21. The Morgan fingerprint density at radius 1 is 1.31 bits per heavy atom. The summed E-state index contributed by atoms with van der Waals surface area (Å²) in [4.78, 5) is 24.2. The standard InChI is InChI=1S/C21H28O5/c1-19-7-5-13(23)9-12(19)3-4-14-15-6-8-21(26,17(25)11-22)20(15,2)10-16(24)18(14)19/h3-4,9,14-16,18,22,24,26H,5-8,10-11H2,1-2H3. The van der Waals surface area contributed by atoms with Gasteiger partial charge >= 0.3 is 0 Å². The predicted octanol–water partition coefficient (Wildman–Crippen LogP) is 1.56. The van der Waals surface area contributed by atoms with E-state index in [4.69, 9.17) is 0 Å². The molecular weight excluding hydrogens is 332 g/mol. The molecule has 0 aromatic heterocycles. The summed E-state index contributed by atoms with van der Waals surface area (Å²) in [6.07, 6.45) is 7.74. The molecule has 2 saturated carbocycles. The molecular formula is C21H28O5. The zero-order chi connectivity index (χ0) is 18.9. The minimum Gasteiger partial charge on any atom is -0.393 e. The van der Waals surface area contributed by atoms with Crippen LogP contribution in [0.2, 0.25) is 0 Å². The lowest BCUT2D eigenvalue weighted by Crippen LogP contribution is -2.61. The van der Waals surface area contributed by atoms with E-state index in [1.54, 1.807) is 6.08 Å². The molecule has 0 saturated heterocycles. The second-order valence-electron chi connectivity index (χ2n) is 9.22. The molecule has 0 bridgehead atoms. The number of rotatable bonds is 2. The zero-order valence-electron chi connectivity index (χ0n) is 15.4. The van der Waals surface area contributed by atoms with Crippen molar-refractivity contribution in [3.63, 3.8) is 0 Å². The van der Waals surface area contributed by atoms with Crippen LogP contribution in [-0.2, 0) is 9.59 Å². The fraction of sp³-hybridized carbons (Fsp3) is 0.714. The summed E-state index contributed by atoms with van der Waals surface area (Å²) in [5.41, 5.74) is -1.58. The van der Waals surface area contributed by atoms with Gasteiger partial charge in [0.25, 0.3) is 0 Å². The molecule has 4 rings (SSSR count). The molecule has 0 aromatic carbocycles. The maximum Gasteiger partial charge on any atom is 0.190 e. The van der Waals surface area contributed by atoms with Gasteiger partial charge in [0.15, 0.2) is 11.6 Å². The number of Topliss-reactive ketones (excluding diaryl/α,β-unsaturated/α-hetero) is 1. The van der Waals surface area contributed by atoms with Crippen LogP contribution in [-0.4, -0.2) is 45.2 Å². The summed E-state index contributed by atoms with van der Waals surface area (Å²) < 4.78 is 0. The number of hydrogen-bond donors (Lipinski definition) is 3. The van der Waals surface area contributed by atoms with Gasteiger partial charge in [-0.2, -0.15) is 0 Å². The van der Waals surface area contributed by atoms with E-state index < -0.39 is 29.5 Å². The molecule has 0 radical (unpaired) electrons. The number of carbonyl (C=O) groups is 2. The van der Waals surface area contributed by atoms with Gasteiger partial charge in [0.2, 0.25) is 0 Å². The lowest BCUT2D eigenvalue weighted by molar-refractivity contribution is -0.174. The molecule has 0 spiro atoms. The summed E-state index contributed by atoms with van der Waals surface area (Å²) in [6.45, 7) is 3.35. The van der Waals surface area contributed by atoms with Gasteiger partial charge < -0.3 is 15.3 Å². The SMILES string of the molecule is CC12CCC(=O)C=C1C=CC1C2C(O)CC2(C)C1CCC2(O)C(=O)CO. The first-order valence-corrected chi connectivity index (χ1v) is 9.65. The summed E-state index contributed by atoms with van der Waals surface area (Å²) in [6, 6.07) is 0. The number of allylic oxidation sites excluding steroid dienone is 4. The van der Waals surface area contributed by atoms with Gasteiger partial charge in [-0.3, -0.25) is 9.59 Å². The number of fused-ring (bicyclic) bond motifs is 5. The minimum atomic E-state index is -1.58. The van der Waals surface area contributed by atoms with Crippen molar-refractivity contribution in [2.45, 2.75) is 57.7 Å². The second kappa shape index (κ2) is 5.60. The summed E-state index contributed by atoms with van der Waals surface area (Å²) in [7, 11) is 0. The van der Waals surface area contributed by atoms with E-state index in [1.165, 1.54) is 0 Å². The zero-order valence-corrected chi connectivity index (χ0v) is 15.4. The number of aliphatic hydroxyl groups is 3. The van der Waals surface area contributed by atoms with Gasteiger partial charge in [0, 0.05) is 17.8 Å². The molecule has 7 atom stereocenters. The van der Waals surface area contributed by atoms with Crippen LogP contribution >= 0.6 is 0 Å². The summed E-state index contributed by atoms with van der Waals surface area (Å²) in [5, 5.41) is 31.7. The number of ketones is 2. The first kappa shape index (κ1) is 18.1. The smallest absolute Gasteiger partial charge is 0.190 e. The van der Waals surface area contributed by atoms with Gasteiger partial charge in [0.05, 0.1) is 6.10 Å². The monoisotopic (exact) mass is 360 g/mol. The van der Waals surface area contributed by atoms with Crippen LogP contribution in [0.5, 0.6) is 0 Å². The van der Waals surface area contributed by atoms with E-state index in [-0.39, 0.29) is 29.0 Å². The maximum atomic E-state index is 12.3. The average molecular weight is 360 g/mol. The molecule has 26 heavy (non-hydrogen) atoms. The van der Waals surface area contributed by atoms with Crippen molar-refractivity contribution in [1.82, 2.24) is 0 Å². The van der Waals surface area contributed by atoms with Crippen LogP contribution < -0.4 is 0 Å². The lowest BCUT2D eigenvalue weighted by Gasteiger charge is -2.58. The fourth-order valence-electron chi connectivity index (χ4n) is 6.72. The van der Waals surface area contributed by atoms with Crippen LogP contribution in [0.1, 0.15) is 46.0 Å². The molecule has 5 nitrogen and oxygen atoms in total. The highest BCUT2D eigenvalue weighted by Crippen LogP contribution is 2.66. The third kappa shape index (κ3) is 2.08. The van der Waals surface area contributed by atoms with Crippen molar-refractivity contribution < 1.29 is 24.9 Å². The molecule has 2 fully saturated rings. The van der Waals surface area contributed by atoms with Crippen LogP contribution in [0.15, 0.2) is 23.8 Å². The van der Waals surface area contributed by atoms with E-state index in [0.29, 0.717) is 25.7 Å². The van der Waals surface area contributed by atoms with Gasteiger partial charge in [-0.25, -0.2) is 0 Å². The maximum absolute atomic E-state index is 12.3. The number of carbonyl (C=O) groups excluding carboxylic acids is 2. The first-order valence-electron chi connectivity index (χ1n) is 9.65. The molecule has 4 aliphatic rings. The highest BCUT2D eigenvalue weighted by atomic mass is 16.3. The van der Waals surface area contributed by atoms with Crippen molar-refractivity contribution in [3.8, 4) is 0 Å². The highest BCUT2D eigenvalue weighted by Gasteiger charge is 2.67. The lowest BCUT2D eigenvalue weighted by atomic mass is 9.47. The minimum absolute atomic E-state index is 0.0171. The Hall–Kier alpha value is -1.30. The number of aliphatic hydroxyl groups excluding tert-OH is 2. The van der Waals surface area contributed by atoms with E-state index in [9.17, 15) is 24.9 Å². The van der Waals surface area contributed by atoms with E-state index in [1.807, 2.05) is 13.0 Å². The van der Waals surface area contributed by atoms with Crippen molar-refractivity contribution in [1.29, 1.82) is 0 Å². The average Bonchev–Trinajstić information content (AvgIpc) is 2.86. The van der Waals surface area contributed by atoms with Gasteiger partial charge in [-0.05, 0) is 54.6 Å². The Balaban J connectivity index is 1.78. The fourth-order valence-corrected chi connectivity index (χ4v) is 6.72. The van der Waals surface area contributed by atoms with Gasteiger partial charge in [0.1, 0.15) is 12.2 Å². The summed E-state index contributed by atoms with van der Waals surface area (Å²) >= 11 is 0. The predicted molar refractivity (Wildman–Crippen MR) is 95.0 cm³/mol. The normalized spacial score (nSPS) is 49.9.